The molecule has 0 saturated carbocycles. The van der Waals surface area contributed by atoms with E-state index in [9.17, 15) is 24.8 Å². The van der Waals surface area contributed by atoms with Crippen molar-refractivity contribution < 1.29 is 24.4 Å². The van der Waals surface area contributed by atoms with E-state index in [1.807, 2.05) is 0 Å². The first kappa shape index (κ1) is 16.5. The summed E-state index contributed by atoms with van der Waals surface area (Å²) in [6.45, 7) is 1.50. The van der Waals surface area contributed by atoms with Crippen LogP contribution in [0.2, 0.25) is 0 Å². The predicted octanol–water partition coefficient (Wildman–Crippen LogP) is 1.39. The van der Waals surface area contributed by atoms with E-state index in [1.54, 1.807) is 12.3 Å². The zero-order valence-electron chi connectivity index (χ0n) is 12.6. The normalized spacial score (nSPS) is 23.2. The molecule has 126 valence electrons. The maximum Gasteiger partial charge on any atom is 0.355 e. The summed E-state index contributed by atoms with van der Waals surface area (Å²) in [4.78, 5) is 35.6. The van der Waals surface area contributed by atoms with Crippen LogP contribution in [-0.4, -0.2) is 38.3 Å². The number of thioether (sulfide) groups is 1. The van der Waals surface area contributed by atoms with E-state index in [-0.39, 0.29) is 29.3 Å². The minimum Gasteiger partial charge on any atom is -0.456 e. The first-order valence-electron chi connectivity index (χ1n) is 7.17. The first-order chi connectivity index (χ1) is 11.4. The number of carbonyl (C=O) groups is 2. The van der Waals surface area contributed by atoms with E-state index in [0.29, 0.717) is 5.56 Å². The highest BCUT2D eigenvalue weighted by molar-refractivity contribution is 8.03. The molecule has 2 aliphatic rings. The molecule has 8 nitrogen and oxygen atoms in total. The summed E-state index contributed by atoms with van der Waals surface area (Å²) in [5.74, 6) is -1.44. The third-order valence-corrected chi connectivity index (χ3v) is 5.05. The number of non-ortho nitro benzene ring substituents is 1. The van der Waals surface area contributed by atoms with Crippen LogP contribution in [0.25, 0.3) is 0 Å². The Morgan fingerprint density at radius 3 is 2.71 bits per heavy atom. The quantitative estimate of drug-likeness (QED) is 0.370. The number of β-lactam (4-membered cyclic amide) rings is 1. The van der Waals surface area contributed by atoms with Gasteiger partial charge in [0.1, 0.15) is 17.7 Å². The highest BCUT2D eigenvalue weighted by Crippen LogP contribution is 2.46. The van der Waals surface area contributed by atoms with Gasteiger partial charge in [-0.25, -0.2) is 4.79 Å². The molecule has 1 amide bonds. The summed E-state index contributed by atoms with van der Waals surface area (Å²) in [5.41, 5.74) is 0.723. The fraction of sp³-hybridized carbons (Fsp3) is 0.333. The maximum atomic E-state index is 12.1. The molecule has 2 aliphatic heterocycles. The van der Waals surface area contributed by atoms with Crippen molar-refractivity contribution in [1.29, 1.82) is 0 Å². The summed E-state index contributed by atoms with van der Waals surface area (Å²) in [6, 6.07) is 5.67. The fourth-order valence-corrected chi connectivity index (χ4v) is 3.94. The Labute approximate surface area is 141 Å². The molecule has 3 rings (SSSR count). The van der Waals surface area contributed by atoms with Gasteiger partial charge in [-0.05, 0) is 24.6 Å². The van der Waals surface area contributed by atoms with Gasteiger partial charge in [0.05, 0.1) is 16.9 Å². The van der Waals surface area contributed by atoms with Crippen LogP contribution >= 0.6 is 11.8 Å². The van der Waals surface area contributed by atoms with Crippen LogP contribution in [0.1, 0.15) is 12.5 Å². The number of carbonyl (C=O) groups excluding carboxylic acids is 2. The lowest BCUT2D eigenvalue weighted by Crippen LogP contribution is -2.60. The van der Waals surface area contributed by atoms with Crippen molar-refractivity contribution in [1.82, 2.24) is 4.90 Å². The summed E-state index contributed by atoms with van der Waals surface area (Å²) in [6.07, 6.45) is -0.768. The second kappa shape index (κ2) is 6.25. The molecule has 9 heteroatoms. The lowest BCUT2D eigenvalue weighted by Gasteiger charge is -2.43. The summed E-state index contributed by atoms with van der Waals surface area (Å²) in [5, 5.41) is 21.5. The van der Waals surface area contributed by atoms with Crippen LogP contribution in [0, 0.1) is 16.0 Å². The Hall–Kier alpha value is -2.39. The van der Waals surface area contributed by atoms with E-state index >= 15 is 0 Å². The lowest BCUT2D eigenvalue weighted by molar-refractivity contribution is -0.384. The van der Waals surface area contributed by atoms with E-state index in [1.165, 1.54) is 40.9 Å². The van der Waals surface area contributed by atoms with Gasteiger partial charge in [0, 0.05) is 17.5 Å². The monoisotopic (exact) mass is 350 g/mol. The van der Waals surface area contributed by atoms with Gasteiger partial charge < -0.3 is 9.84 Å². The zero-order chi connectivity index (χ0) is 17.4. The number of rotatable bonds is 5. The number of hydrogen-bond acceptors (Lipinski definition) is 7. The van der Waals surface area contributed by atoms with Gasteiger partial charge in [0.2, 0.25) is 5.91 Å². The van der Waals surface area contributed by atoms with Gasteiger partial charge in [-0.1, -0.05) is 0 Å². The Morgan fingerprint density at radius 2 is 2.12 bits per heavy atom. The third-order valence-electron chi connectivity index (χ3n) is 3.91. The molecule has 3 atom stereocenters. The minimum atomic E-state index is -0.768. The van der Waals surface area contributed by atoms with E-state index in [0.717, 1.165) is 0 Å². The molecule has 2 unspecified atom stereocenters. The van der Waals surface area contributed by atoms with Crippen LogP contribution in [0.5, 0.6) is 0 Å². The van der Waals surface area contributed by atoms with Crippen molar-refractivity contribution in [2.75, 3.05) is 0 Å². The molecule has 0 aromatic heterocycles. The zero-order valence-corrected chi connectivity index (χ0v) is 13.4. The van der Waals surface area contributed by atoms with Crippen molar-refractivity contribution >= 4 is 29.3 Å². The van der Waals surface area contributed by atoms with Gasteiger partial charge in [-0.3, -0.25) is 19.8 Å². The Bertz CT molecular complexity index is 730. The molecule has 0 bridgehead atoms. The Morgan fingerprint density at radius 1 is 1.46 bits per heavy atom. The summed E-state index contributed by atoms with van der Waals surface area (Å²) in [7, 11) is 0. The van der Waals surface area contributed by atoms with Crippen LogP contribution in [-0.2, 0) is 20.9 Å². The number of amides is 1. The molecule has 0 spiro atoms. The largest absolute Gasteiger partial charge is 0.456 e. The number of hydrogen-bond donors (Lipinski definition) is 1. The Balaban J connectivity index is 1.59. The minimum absolute atomic E-state index is 0.0434. The van der Waals surface area contributed by atoms with Crippen molar-refractivity contribution in [3.8, 4) is 0 Å². The summed E-state index contributed by atoms with van der Waals surface area (Å²) < 4.78 is 5.16. The maximum absolute atomic E-state index is 12.1. The SMILES string of the molecule is CC(O)C1C(=O)N2C(C(=O)OCc3ccc([N+](=O)[O-])cc3)=CS[C@H]12. The second-order valence-corrected chi connectivity index (χ2v) is 6.49. The van der Waals surface area contributed by atoms with Crippen molar-refractivity contribution in [2.45, 2.75) is 25.0 Å². The number of nitrogens with zero attached hydrogens (tertiary/aromatic N) is 2. The van der Waals surface area contributed by atoms with Gasteiger partial charge >= 0.3 is 5.97 Å². The third kappa shape index (κ3) is 2.76. The van der Waals surface area contributed by atoms with E-state index < -0.39 is 22.9 Å². The van der Waals surface area contributed by atoms with Crippen LogP contribution in [0.15, 0.2) is 35.4 Å². The smallest absolute Gasteiger partial charge is 0.355 e. The molecular weight excluding hydrogens is 336 g/mol. The van der Waals surface area contributed by atoms with Gasteiger partial charge in [-0.15, -0.1) is 11.8 Å². The Kier molecular flexibility index (Phi) is 4.29. The number of nitro benzene ring substituents is 1. The summed E-state index contributed by atoms with van der Waals surface area (Å²) >= 11 is 1.30. The highest BCUT2D eigenvalue weighted by atomic mass is 32.2. The molecule has 1 aromatic rings. The molecule has 1 saturated heterocycles. The topological polar surface area (TPSA) is 110 Å². The van der Waals surface area contributed by atoms with E-state index in [4.69, 9.17) is 4.74 Å². The molecule has 1 aromatic carbocycles. The standard InChI is InChI=1S/C15H14N2O6S/c1-8(18)12-13(19)16-11(7-24-14(12)16)15(20)23-6-9-2-4-10(5-3-9)17(21)22/h2-5,7-8,12,14,18H,6H2,1H3/t8?,12?,14-/m1/s1. The fourth-order valence-electron chi connectivity index (χ4n) is 2.61. The van der Waals surface area contributed by atoms with Crippen molar-refractivity contribution in [3.63, 3.8) is 0 Å². The number of benzene rings is 1. The first-order valence-corrected chi connectivity index (χ1v) is 8.11. The molecule has 0 radical (unpaired) electrons. The molecular formula is C15H14N2O6S. The number of esters is 1. The van der Waals surface area contributed by atoms with Crippen molar-refractivity contribution in [3.05, 3.63) is 51.0 Å². The predicted molar refractivity (Wildman–Crippen MR) is 84.4 cm³/mol. The van der Waals surface area contributed by atoms with Crippen LogP contribution in [0.4, 0.5) is 5.69 Å². The average Bonchev–Trinajstić information content (AvgIpc) is 2.91. The molecule has 1 fully saturated rings. The lowest BCUT2D eigenvalue weighted by atomic mass is 9.92. The van der Waals surface area contributed by atoms with Crippen LogP contribution < -0.4 is 0 Å². The van der Waals surface area contributed by atoms with Crippen LogP contribution in [0.3, 0.4) is 0 Å². The number of ether oxygens (including phenoxy) is 1. The number of nitro groups is 1. The molecule has 2 heterocycles. The van der Waals surface area contributed by atoms with Gasteiger partial charge in [-0.2, -0.15) is 0 Å². The number of aliphatic hydroxyl groups is 1. The molecule has 1 N–H and O–H groups in total. The van der Waals surface area contributed by atoms with Crippen molar-refractivity contribution in [2.24, 2.45) is 5.92 Å². The second-order valence-electron chi connectivity index (χ2n) is 5.50. The number of fused-ring (bicyclic) bond motifs is 1. The van der Waals surface area contributed by atoms with E-state index in [2.05, 4.69) is 0 Å². The van der Waals surface area contributed by atoms with Gasteiger partial charge in [0.15, 0.2) is 0 Å². The highest BCUT2D eigenvalue weighted by Gasteiger charge is 2.55. The average molecular weight is 350 g/mol. The molecule has 0 aliphatic carbocycles. The van der Waals surface area contributed by atoms with Gasteiger partial charge in [0.25, 0.3) is 5.69 Å². The number of aliphatic hydroxyl groups excluding tert-OH is 1. The molecule has 24 heavy (non-hydrogen) atoms.